The van der Waals surface area contributed by atoms with Crippen molar-refractivity contribution in [2.45, 2.75) is 24.3 Å². The number of hydrogen-bond donors (Lipinski definition) is 1. The number of carbonyl (C=O) groups is 1. The molecule has 0 saturated carbocycles. The van der Waals surface area contributed by atoms with E-state index in [-0.39, 0.29) is 24.4 Å². The number of amides is 1. The van der Waals surface area contributed by atoms with Gasteiger partial charge in [-0.1, -0.05) is 0 Å². The number of halogens is 1. The van der Waals surface area contributed by atoms with Crippen molar-refractivity contribution in [3.8, 4) is 11.5 Å². The first-order valence-electron chi connectivity index (χ1n) is 7.50. The number of rotatable bonds is 6. The molecule has 1 atom stereocenters. The van der Waals surface area contributed by atoms with Crippen LogP contribution in [0.25, 0.3) is 0 Å². The maximum absolute atomic E-state index is 12.3. The van der Waals surface area contributed by atoms with Gasteiger partial charge in [-0.25, -0.2) is 0 Å². The molecule has 1 fully saturated rings. The van der Waals surface area contributed by atoms with Crippen LogP contribution in [0.4, 0.5) is 0 Å². The summed E-state index contributed by atoms with van der Waals surface area (Å²) in [5, 5.41) is 3.30. The smallest absolute Gasteiger partial charge is 0.223 e. The molecule has 1 N–H and O–H groups in total. The average molecular weight is 361 g/mol. The molecule has 1 saturated heterocycles. The third-order valence-corrected chi connectivity index (χ3v) is 4.76. The van der Waals surface area contributed by atoms with Crippen LogP contribution in [0.3, 0.4) is 0 Å². The van der Waals surface area contributed by atoms with Crippen molar-refractivity contribution in [3.63, 3.8) is 0 Å². The van der Waals surface area contributed by atoms with E-state index in [0.717, 1.165) is 41.8 Å². The zero-order chi connectivity index (χ0) is 15.9. The first-order valence-corrected chi connectivity index (χ1v) is 8.49. The lowest BCUT2D eigenvalue weighted by atomic mass is 10.2. The van der Waals surface area contributed by atoms with Crippen LogP contribution in [0.15, 0.2) is 23.1 Å². The Morgan fingerprint density at radius 1 is 1.35 bits per heavy atom. The van der Waals surface area contributed by atoms with Gasteiger partial charge in [0, 0.05) is 42.7 Å². The molecule has 1 aromatic carbocycles. The Kier molecular flexibility index (Phi) is 8.58. The van der Waals surface area contributed by atoms with Gasteiger partial charge in [-0.2, -0.15) is 0 Å². The van der Waals surface area contributed by atoms with Crippen molar-refractivity contribution in [1.29, 1.82) is 0 Å². The van der Waals surface area contributed by atoms with Gasteiger partial charge in [0.25, 0.3) is 0 Å². The largest absolute Gasteiger partial charge is 0.493 e. The summed E-state index contributed by atoms with van der Waals surface area (Å²) in [4.78, 5) is 15.3. The molecule has 23 heavy (non-hydrogen) atoms. The molecule has 1 aliphatic heterocycles. The van der Waals surface area contributed by atoms with Crippen molar-refractivity contribution in [3.05, 3.63) is 18.2 Å². The molecule has 1 aromatic rings. The van der Waals surface area contributed by atoms with Crippen LogP contribution < -0.4 is 14.8 Å². The zero-order valence-corrected chi connectivity index (χ0v) is 15.5. The summed E-state index contributed by atoms with van der Waals surface area (Å²) in [5.41, 5.74) is 0. The number of ether oxygens (including phenoxy) is 2. The highest BCUT2D eigenvalue weighted by atomic mass is 35.5. The Morgan fingerprint density at radius 3 is 2.74 bits per heavy atom. The van der Waals surface area contributed by atoms with Crippen LogP contribution in [0.1, 0.15) is 13.3 Å². The summed E-state index contributed by atoms with van der Waals surface area (Å²) in [5.74, 6) is 2.44. The molecular formula is C16H25ClN2O3S. The Labute approximate surface area is 148 Å². The number of thioether (sulfide) groups is 1. The van der Waals surface area contributed by atoms with Gasteiger partial charge in [0.1, 0.15) is 0 Å². The average Bonchev–Trinajstić information content (AvgIpc) is 2.55. The topological polar surface area (TPSA) is 50.8 Å². The minimum Gasteiger partial charge on any atom is -0.493 e. The maximum Gasteiger partial charge on any atom is 0.223 e. The van der Waals surface area contributed by atoms with E-state index in [0.29, 0.717) is 6.42 Å². The van der Waals surface area contributed by atoms with Gasteiger partial charge in [0.15, 0.2) is 11.5 Å². The van der Waals surface area contributed by atoms with Crippen molar-refractivity contribution >= 4 is 30.1 Å². The molecule has 0 bridgehead atoms. The molecule has 1 aliphatic rings. The Hall–Kier alpha value is -1.11. The fourth-order valence-corrected chi connectivity index (χ4v) is 3.38. The minimum absolute atomic E-state index is 0. The second kappa shape index (κ2) is 9.90. The van der Waals surface area contributed by atoms with Crippen LogP contribution in [-0.4, -0.2) is 56.5 Å². The molecule has 1 amide bonds. The number of nitrogens with zero attached hydrogens (tertiary/aromatic N) is 1. The third kappa shape index (κ3) is 5.48. The van der Waals surface area contributed by atoms with Gasteiger partial charge < -0.3 is 19.7 Å². The number of hydrogen-bond acceptors (Lipinski definition) is 5. The van der Waals surface area contributed by atoms with E-state index >= 15 is 0 Å². The predicted octanol–water partition coefficient (Wildman–Crippen LogP) is 2.43. The SMILES string of the molecule is COc1ccc(SCCC(=O)N2CCNCC2C)cc1OC.Cl. The van der Waals surface area contributed by atoms with Gasteiger partial charge in [-0.15, -0.1) is 24.2 Å². The van der Waals surface area contributed by atoms with Gasteiger partial charge in [-0.3, -0.25) is 4.79 Å². The van der Waals surface area contributed by atoms with Gasteiger partial charge >= 0.3 is 0 Å². The summed E-state index contributed by atoms with van der Waals surface area (Å²) >= 11 is 1.66. The zero-order valence-electron chi connectivity index (χ0n) is 13.8. The standard InChI is InChI=1S/C16H24N2O3S.ClH/c1-12-11-17-7-8-18(12)16(19)6-9-22-13-4-5-14(20-2)15(10-13)21-3;/h4-5,10,12,17H,6-9,11H2,1-3H3;1H. The number of piperazine rings is 1. The van der Waals surface area contributed by atoms with Crippen molar-refractivity contribution in [1.82, 2.24) is 10.2 Å². The summed E-state index contributed by atoms with van der Waals surface area (Å²) in [6, 6.07) is 6.11. The Balaban J connectivity index is 0.00000264. The highest BCUT2D eigenvalue weighted by Crippen LogP contribution is 2.32. The van der Waals surface area contributed by atoms with E-state index in [9.17, 15) is 4.79 Å². The summed E-state index contributed by atoms with van der Waals surface area (Å²) < 4.78 is 10.5. The highest BCUT2D eigenvalue weighted by molar-refractivity contribution is 7.99. The highest BCUT2D eigenvalue weighted by Gasteiger charge is 2.22. The lowest BCUT2D eigenvalue weighted by molar-refractivity contribution is -0.133. The second-order valence-corrected chi connectivity index (χ2v) is 6.42. The second-order valence-electron chi connectivity index (χ2n) is 5.26. The van der Waals surface area contributed by atoms with Crippen molar-refractivity contribution in [2.75, 3.05) is 39.6 Å². The molecule has 7 heteroatoms. The van der Waals surface area contributed by atoms with Gasteiger partial charge in [-0.05, 0) is 25.1 Å². The van der Waals surface area contributed by atoms with Crippen LogP contribution in [0.2, 0.25) is 0 Å². The van der Waals surface area contributed by atoms with E-state index in [4.69, 9.17) is 9.47 Å². The lowest BCUT2D eigenvalue weighted by Crippen LogP contribution is -2.52. The quantitative estimate of drug-likeness (QED) is 0.789. The predicted molar refractivity (Wildman–Crippen MR) is 96.2 cm³/mol. The maximum atomic E-state index is 12.3. The molecule has 2 rings (SSSR count). The van der Waals surface area contributed by atoms with Crippen LogP contribution in [-0.2, 0) is 4.79 Å². The molecule has 0 aromatic heterocycles. The number of methoxy groups -OCH3 is 2. The molecule has 0 aliphatic carbocycles. The van der Waals surface area contributed by atoms with Crippen molar-refractivity contribution < 1.29 is 14.3 Å². The number of nitrogens with one attached hydrogen (secondary N) is 1. The Bertz CT molecular complexity index is 516. The summed E-state index contributed by atoms with van der Waals surface area (Å²) in [6.45, 7) is 4.67. The monoisotopic (exact) mass is 360 g/mol. The van der Waals surface area contributed by atoms with E-state index in [1.165, 1.54) is 0 Å². The van der Waals surface area contributed by atoms with Crippen LogP contribution in [0, 0.1) is 0 Å². The summed E-state index contributed by atoms with van der Waals surface area (Å²) in [7, 11) is 3.25. The van der Waals surface area contributed by atoms with Crippen molar-refractivity contribution in [2.24, 2.45) is 0 Å². The number of carbonyl (C=O) groups excluding carboxylic acids is 1. The molecule has 0 spiro atoms. The minimum atomic E-state index is 0. The summed E-state index contributed by atoms with van der Waals surface area (Å²) in [6.07, 6.45) is 0.559. The molecule has 5 nitrogen and oxygen atoms in total. The Morgan fingerprint density at radius 2 is 2.09 bits per heavy atom. The van der Waals surface area contributed by atoms with Gasteiger partial charge in [0.05, 0.1) is 14.2 Å². The molecule has 130 valence electrons. The third-order valence-electron chi connectivity index (χ3n) is 3.76. The van der Waals surface area contributed by atoms with E-state index in [1.807, 2.05) is 23.1 Å². The van der Waals surface area contributed by atoms with Gasteiger partial charge in [0.2, 0.25) is 5.91 Å². The fourth-order valence-electron chi connectivity index (χ4n) is 2.52. The van der Waals surface area contributed by atoms with E-state index in [1.54, 1.807) is 26.0 Å². The first-order chi connectivity index (χ1) is 10.7. The number of benzene rings is 1. The van der Waals surface area contributed by atoms with E-state index < -0.39 is 0 Å². The molecule has 0 radical (unpaired) electrons. The fraction of sp³-hybridized carbons (Fsp3) is 0.562. The van der Waals surface area contributed by atoms with Crippen LogP contribution >= 0.6 is 24.2 Å². The molecule has 1 heterocycles. The van der Waals surface area contributed by atoms with E-state index in [2.05, 4.69) is 12.2 Å². The molecule has 1 unspecified atom stereocenters. The van der Waals surface area contributed by atoms with Crippen LogP contribution in [0.5, 0.6) is 11.5 Å². The lowest BCUT2D eigenvalue weighted by Gasteiger charge is -2.34. The normalized spacial score (nSPS) is 17.3. The first kappa shape index (κ1) is 19.9. The molecular weight excluding hydrogens is 336 g/mol.